The lowest BCUT2D eigenvalue weighted by Gasteiger charge is -2.27. The van der Waals surface area contributed by atoms with Gasteiger partial charge in [-0.2, -0.15) is 0 Å². The smallest absolute Gasteiger partial charge is 0.0927 e. The van der Waals surface area contributed by atoms with Gasteiger partial charge in [-0.25, -0.2) is 0 Å². The van der Waals surface area contributed by atoms with Gasteiger partial charge in [0.2, 0.25) is 0 Å². The molecule has 4 heteroatoms. The summed E-state index contributed by atoms with van der Waals surface area (Å²) >= 11 is 3.48. The molecule has 2 rings (SSSR count). The van der Waals surface area contributed by atoms with Gasteiger partial charge in [0.05, 0.1) is 6.10 Å². The minimum atomic E-state index is -0.514. The molecule has 0 amide bonds. The number of nitrogens with zero attached hydrogens (tertiary/aromatic N) is 2. The fourth-order valence-corrected chi connectivity index (χ4v) is 2.72. The molecule has 0 saturated carbocycles. The van der Waals surface area contributed by atoms with Gasteiger partial charge in [0.25, 0.3) is 0 Å². The first-order valence-corrected chi connectivity index (χ1v) is 7.41. The van der Waals surface area contributed by atoms with Crippen molar-refractivity contribution >= 4 is 15.9 Å². The van der Waals surface area contributed by atoms with Crippen molar-refractivity contribution in [2.75, 3.05) is 13.6 Å². The average Bonchev–Trinajstić information content (AvgIpc) is 2.47. The van der Waals surface area contributed by atoms with E-state index in [4.69, 9.17) is 0 Å². The van der Waals surface area contributed by atoms with Crippen molar-refractivity contribution in [3.8, 4) is 0 Å². The molecule has 2 aromatic rings. The summed E-state index contributed by atoms with van der Waals surface area (Å²) < 4.78 is 0.942. The van der Waals surface area contributed by atoms with Crippen LogP contribution in [0.25, 0.3) is 0 Å². The second-order valence-corrected chi connectivity index (χ2v) is 5.79. The second-order valence-electron chi connectivity index (χ2n) is 4.93. The van der Waals surface area contributed by atoms with Gasteiger partial charge in [0, 0.05) is 29.5 Å². The topological polar surface area (TPSA) is 36.4 Å². The molecule has 2 unspecified atom stereocenters. The SMILES string of the molecule is CC(c1ccncc1)N(C)CC(O)c1ccccc1Br. The number of hydrogen-bond acceptors (Lipinski definition) is 3. The number of halogens is 1. The van der Waals surface area contributed by atoms with Crippen molar-refractivity contribution in [1.29, 1.82) is 0 Å². The van der Waals surface area contributed by atoms with Gasteiger partial charge in [0.15, 0.2) is 0 Å². The van der Waals surface area contributed by atoms with E-state index in [9.17, 15) is 5.11 Å². The molecule has 1 aromatic heterocycles. The van der Waals surface area contributed by atoms with Crippen LogP contribution >= 0.6 is 15.9 Å². The van der Waals surface area contributed by atoms with Crippen LogP contribution in [0.15, 0.2) is 53.3 Å². The largest absolute Gasteiger partial charge is 0.387 e. The Morgan fingerprint density at radius 3 is 2.50 bits per heavy atom. The molecular formula is C16H19BrN2O. The number of rotatable bonds is 5. The van der Waals surface area contributed by atoms with Crippen LogP contribution < -0.4 is 0 Å². The summed E-state index contributed by atoms with van der Waals surface area (Å²) in [7, 11) is 2.02. The Kier molecular flexibility index (Phi) is 5.29. The van der Waals surface area contributed by atoms with E-state index in [0.717, 1.165) is 10.0 Å². The third kappa shape index (κ3) is 3.66. The van der Waals surface area contributed by atoms with Crippen molar-refractivity contribution in [1.82, 2.24) is 9.88 Å². The molecule has 0 aliphatic rings. The van der Waals surface area contributed by atoms with Gasteiger partial charge in [-0.3, -0.25) is 9.88 Å². The second kappa shape index (κ2) is 6.97. The summed E-state index contributed by atoms with van der Waals surface area (Å²) in [4.78, 5) is 6.17. The standard InChI is InChI=1S/C16H19BrN2O/c1-12(13-7-9-18-10-8-13)19(2)11-16(20)14-5-3-4-6-15(14)17/h3-10,12,16,20H,11H2,1-2H3. The summed E-state index contributed by atoms with van der Waals surface area (Å²) in [6.45, 7) is 2.70. The van der Waals surface area contributed by atoms with E-state index in [1.807, 2.05) is 43.4 Å². The van der Waals surface area contributed by atoms with E-state index >= 15 is 0 Å². The molecule has 0 saturated heterocycles. The number of likely N-dealkylation sites (N-methyl/N-ethyl adjacent to an activating group) is 1. The van der Waals surface area contributed by atoms with Crippen molar-refractivity contribution in [2.45, 2.75) is 19.1 Å². The Bertz CT molecular complexity index is 547. The molecule has 0 bridgehead atoms. The van der Waals surface area contributed by atoms with Crippen LogP contribution in [0.3, 0.4) is 0 Å². The Labute approximate surface area is 128 Å². The summed E-state index contributed by atoms with van der Waals surface area (Å²) in [6.07, 6.45) is 3.08. The van der Waals surface area contributed by atoms with Crippen LogP contribution in [0.5, 0.6) is 0 Å². The highest BCUT2D eigenvalue weighted by Gasteiger charge is 2.17. The van der Waals surface area contributed by atoms with Gasteiger partial charge < -0.3 is 5.11 Å². The first kappa shape index (κ1) is 15.2. The molecule has 2 atom stereocenters. The van der Waals surface area contributed by atoms with Crippen molar-refractivity contribution in [2.24, 2.45) is 0 Å². The zero-order valence-electron chi connectivity index (χ0n) is 11.7. The minimum absolute atomic E-state index is 0.232. The molecule has 1 N–H and O–H groups in total. The maximum absolute atomic E-state index is 10.4. The maximum Gasteiger partial charge on any atom is 0.0927 e. The number of benzene rings is 1. The Hall–Kier alpha value is -1.23. The van der Waals surface area contributed by atoms with Crippen LogP contribution in [0.2, 0.25) is 0 Å². The Morgan fingerprint density at radius 2 is 1.85 bits per heavy atom. The number of aliphatic hydroxyl groups excluding tert-OH is 1. The maximum atomic E-state index is 10.4. The van der Waals surface area contributed by atoms with Gasteiger partial charge in [0.1, 0.15) is 0 Å². The first-order valence-electron chi connectivity index (χ1n) is 6.62. The highest BCUT2D eigenvalue weighted by Crippen LogP contribution is 2.26. The monoisotopic (exact) mass is 334 g/mol. The summed E-state index contributed by atoms with van der Waals surface area (Å²) in [6, 6.07) is 12.0. The third-order valence-electron chi connectivity index (χ3n) is 3.57. The lowest BCUT2D eigenvalue weighted by Crippen LogP contribution is -2.27. The fourth-order valence-electron chi connectivity index (χ4n) is 2.17. The zero-order valence-corrected chi connectivity index (χ0v) is 13.3. The van der Waals surface area contributed by atoms with Crippen molar-refractivity contribution in [3.63, 3.8) is 0 Å². The van der Waals surface area contributed by atoms with Crippen molar-refractivity contribution in [3.05, 3.63) is 64.4 Å². The summed E-state index contributed by atoms with van der Waals surface area (Å²) in [5.41, 5.74) is 2.11. The van der Waals surface area contributed by atoms with Crippen LogP contribution in [0.4, 0.5) is 0 Å². The lowest BCUT2D eigenvalue weighted by molar-refractivity contribution is 0.108. The van der Waals surface area contributed by atoms with E-state index in [0.29, 0.717) is 6.54 Å². The minimum Gasteiger partial charge on any atom is -0.387 e. The van der Waals surface area contributed by atoms with Gasteiger partial charge in [-0.15, -0.1) is 0 Å². The van der Waals surface area contributed by atoms with Crippen LogP contribution in [0, 0.1) is 0 Å². The van der Waals surface area contributed by atoms with E-state index in [1.54, 1.807) is 12.4 Å². The predicted octanol–water partition coefficient (Wildman–Crippen LogP) is 3.57. The highest BCUT2D eigenvalue weighted by molar-refractivity contribution is 9.10. The Balaban J connectivity index is 2.04. The fraction of sp³-hybridized carbons (Fsp3) is 0.312. The predicted molar refractivity (Wildman–Crippen MR) is 84.4 cm³/mol. The Morgan fingerprint density at radius 1 is 1.20 bits per heavy atom. The van der Waals surface area contributed by atoms with Crippen LogP contribution in [-0.4, -0.2) is 28.6 Å². The highest BCUT2D eigenvalue weighted by atomic mass is 79.9. The quantitative estimate of drug-likeness (QED) is 0.907. The van der Waals surface area contributed by atoms with Gasteiger partial charge in [-0.05, 0) is 43.3 Å². The molecule has 0 aliphatic carbocycles. The van der Waals surface area contributed by atoms with E-state index < -0.39 is 6.10 Å². The molecule has 0 radical (unpaired) electrons. The van der Waals surface area contributed by atoms with Gasteiger partial charge in [-0.1, -0.05) is 34.1 Å². The van der Waals surface area contributed by atoms with Crippen LogP contribution in [-0.2, 0) is 0 Å². The molecule has 106 valence electrons. The van der Waals surface area contributed by atoms with Gasteiger partial charge >= 0.3 is 0 Å². The number of aliphatic hydroxyl groups is 1. The summed E-state index contributed by atoms with van der Waals surface area (Å²) in [5, 5.41) is 10.4. The molecule has 1 heterocycles. The van der Waals surface area contributed by atoms with E-state index in [2.05, 4.69) is 32.7 Å². The number of aromatic nitrogens is 1. The van der Waals surface area contributed by atoms with E-state index in [-0.39, 0.29) is 6.04 Å². The molecule has 0 fully saturated rings. The van der Waals surface area contributed by atoms with Crippen LogP contribution in [0.1, 0.15) is 30.2 Å². The van der Waals surface area contributed by atoms with E-state index in [1.165, 1.54) is 5.56 Å². The lowest BCUT2D eigenvalue weighted by atomic mass is 10.1. The third-order valence-corrected chi connectivity index (χ3v) is 4.30. The number of pyridine rings is 1. The molecule has 0 aliphatic heterocycles. The molecule has 3 nitrogen and oxygen atoms in total. The first-order chi connectivity index (χ1) is 9.59. The molecule has 0 spiro atoms. The van der Waals surface area contributed by atoms with Crippen molar-refractivity contribution < 1.29 is 5.11 Å². The normalized spacial score (nSPS) is 14.2. The molecular weight excluding hydrogens is 316 g/mol. The average molecular weight is 335 g/mol. The number of hydrogen-bond donors (Lipinski definition) is 1. The zero-order chi connectivity index (χ0) is 14.5. The molecule has 1 aromatic carbocycles. The molecule has 20 heavy (non-hydrogen) atoms. The summed E-state index contributed by atoms with van der Waals surface area (Å²) in [5.74, 6) is 0.